The molecule has 1 saturated carbocycles. The van der Waals surface area contributed by atoms with Crippen LogP contribution in [0.3, 0.4) is 0 Å². The molecule has 1 fully saturated rings. The zero-order valence-corrected chi connectivity index (χ0v) is 12.4. The number of anilines is 1. The Morgan fingerprint density at radius 2 is 1.61 bits per heavy atom. The van der Waals surface area contributed by atoms with Gasteiger partial charge >= 0.3 is 0 Å². The Kier molecular flexibility index (Phi) is 4.11. The second kappa shape index (κ2) is 6.07. The first-order chi connectivity index (χ1) is 11.0. The van der Waals surface area contributed by atoms with Gasteiger partial charge in [-0.25, -0.2) is 13.2 Å². The number of nitrogens with one attached hydrogen (secondary N) is 1. The summed E-state index contributed by atoms with van der Waals surface area (Å²) in [5.41, 5.74) is -0.440. The lowest BCUT2D eigenvalue weighted by Crippen LogP contribution is -2.38. The molecule has 3 rings (SSSR count). The maximum Gasteiger partial charge on any atom is 0.235 e. The fourth-order valence-corrected chi connectivity index (χ4v) is 3.27. The van der Waals surface area contributed by atoms with E-state index in [1.54, 1.807) is 18.2 Å². The number of carbonyl (C=O) groups excluding carboxylic acids is 1. The quantitative estimate of drug-likeness (QED) is 0.883. The Morgan fingerprint density at radius 1 is 0.913 bits per heavy atom. The Bertz CT molecular complexity index is 739. The van der Waals surface area contributed by atoms with Crippen LogP contribution < -0.4 is 5.32 Å². The lowest BCUT2D eigenvalue weighted by molar-refractivity contribution is -0.121. The number of benzene rings is 2. The molecule has 0 aliphatic heterocycles. The van der Waals surface area contributed by atoms with E-state index in [0.717, 1.165) is 25.0 Å². The van der Waals surface area contributed by atoms with E-state index in [4.69, 9.17) is 0 Å². The number of hydrogen-bond donors (Lipinski definition) is 1. The van der Waals surface area contributed by atoms with E-state index in [1.807, 2.05) is 0 Å². The maximum atomic E-state index is 14.2. The van der Waals surface area contributed by atoms with Gasteiger partial charge in [-0.3, -0.25) is 4.79 Å². The van der Waals surface area contributed by atoms with Crippen LogP contribution in [-0.4, -0.2) is 5.91 Å². The lowest BCUT2D eigenvalue weighted by atomic mass is 9.77. The van der Waals surface area contributed by atoms with Gasteiger partial charge in [-0.2, -0.15) is 0 Å². The molecule has 2 nitrogen and oxygen atoms in total. The van der Waals surface area contributed by atoms with Gasteiger partial charge in [0.1, 0.15) is 5.82 Å². The van der Waals surface area contributed by atoms with E-state index >= 15 is 0 Å². The van der Waals surface area contributed by atoms with Crippen LogP contribution in [0.1, 0.15) is 31.2 Å². The van der Waals surface area contributed by atoms with E-state index in [2.05, 4.69) is 5.32 Å². The minimum absolute atomic E-state index is 0.163. The van der Waals surface area contributed by atoms with Crippen molar-refractivity contribution < 1.29 is 18.0 Å². The molecule has 120 valence electrons. The first kappa shape index (κ1) is 15.6. The Balaban J connectivity index is 1.93. The number of amides is 1. The first-order valence-corrected chi connectivity index (χ1v) is 7.54. The van der Waals surface area contributed by atoms with Crippen LogP contribution in [0.15, 0.2) is 42.5 Å². The van der Waals surface area contributed by atoms with Gasteiger partial charge in [0.2, 0.25) is 5.91 Å². The largest absolute Gasteiger partial charge is 0.325 e. The molecule has 2 aromatic carbocycles. The summed E-state index contributed by atoms with van der Waals surface area (Å²) in [6.07, 6.45) is 2.70. The zero-order chi connectivity index (χ0) is 16.4. The molecule has 5 heteroatoms. The predicted octanol–water partition coefficient (Wildman–Crippen LogP) is 4.55. The molecule has 0 saturated heterocycles. The molecule has 1 amide bonds. The Hall–Kier alpha value is -2.30. The van der Waals surface area contributed by atoms with Crippen LogP contribution in [0.4, 0.5) is 18.9 Å². The normalized spacial score (nSPS) is 16.3. The Labute approximate surface area is 132 Å². The molecule has 1 aliphatic carbocycles. The fraction of sp³-hybridized carbons (Fsp3) is 0.278. The van der Waals surface area contributed by atoms with Crippen molar-refractivity contribution in [1.29, 1.82) is 0 Å². The van der Waals surface area contributed by atoms with Crippen LogP contribution in [0.25, 0.3) is 0 Å². The number of halogens is 3. The molecule has 0 aromatic heterocycles. The van der Waals surface area contributed by atoms with Gasteiger partial charge in [0, 0.05) is 17.3 Å². The SMILES string of the molecule is O=C(Nc1ccc(F)c(F)c1)C1(c2ccccc2F)CCCC1. The molecule has 0 heterocycles. The van der Waals surface area contributed by atoms with Gasteiger partial charge in [0.25, 0.3) is 0 Å². The van der Waals surface area contributed by atoms with Crippen molar-refractivity contribution in [3.8, 4) is 0 Å². The average Bonchev–Trinajstić information content (AvgIpc) is 3.02. The summed E-state index contributed by atoms with van der Waals surface area (Å²) in [6, 6.07) is 9.40. The average molecular weight is 319 g/mol. The van der Waals surface area contributed by atoms with Gasteiger partial charge in [-0.15, -0.1) is 0 Å². The van der Waals surface area contributed by atoms with E-state index in [0.29, 0.717) is 18.4 Å². The topological polar surface area (TPSA) is 29.1 Å². The second-order valence-corrected chi connectivity index (χ2v) is 5.85. The molecule has 0 radical (unpaired) electrons. The summed E-state index contributed by atoms with van der Waals surface area (Å²) < 4.78 is 40.5. The zero-order valence-electron chi connectivity index (χ0n) is 12.4. The van der Waals surface area contributed by atoms with E-state index in [9.17, 15) is 18.0 Å². The smallest absolute Gasteiger partial charge is 0.235 e. The lowest BCUT2D eigenvalue weighted by Gasteiger charge is -2.28. The summed E-state index contributed by atoms with van der Waals surface area (Å²) in [5.74, 6) is -2.82. The van der Waals surface area contributed by atoms with Crippen molar-refractivity contribution in [3.05, 3.63) is 65.5 Å². The molecule has 1 aliphatic rings. The van der Waals surface area contributed by atoms with Crippen molar-refractivity contribution in [1.82, 2.24) is 0 Å². The van der Waals surface area contributed by atoms with E-state index in [-0.39, 0.29) is 11.6 Å². The molecule has 23 heavy (non-hydrogen) atoms. The van der Waals surface area contributed by atoms with Crippen LogP contribution in [0.5, 0.6) is 0 Å². The molecule has 0 atom stereocenters. The maximum absolute atomic E-state index is 14.2. The summed E-state index contributed by atoms with van der Waals surface area (Å²) in [6.45, 7) is 0. The third-order valence-electron chi connectivity index (χ3n) is 4.46. The van der Waals surface area contributed by atoms with Gasteiger partial charge in [0.15, 0.2) is 11.6 Å². The van der Waals surface area contributed by atoms with E-state index in [1.165, 1.54) is 12.1 Å². The van der Waals surface area contributed by atoms with Crippen LogP contribution in [0.2, 0.25) is 0 Å². The highest BCUT2D eigenvalue weighted by molar-refractivity contribution is 5.99. The summed E-state index contributed by atoms with van der Waals surface area (Å²) in [5, 5.41) is 2.61. The van der Waals surface area contributed by atoms with Crippen molar-refractivity contribution in [2.75, 3.05) is 5.32 Å². The molecule has 0 bridgehead atoms. The summed E-state index contributed by atoms with van der Waals surface area (Å²) in [7, 11) is 0. The highest BCUT2D eigenvalue weighted by Gasteiger charge is 2.44. The molecular weight excluding hydrogens is 303 g/mol. The molecule has 2 aromatic rings. The minimum Gasteiger partial charge on any atom is -0.325 e. The highest BCUT2D eigenvalue weighted by atomic mass is 19.2. The molecule has 0 unspecified atom stereocenters. The van der Waals surface area contributed by atoms with Crippen molar-refractivity contribution in [2.24, 2.45) is 0 Å². The molecule has 0 spiro atoms. The highest BCUT2D eigenvalue weighted by Crippen LogP contribution is 2.43. The molecule has 1 N–H and O–H groups in total. The minimum atomic E-state index is -1.03. The number of carbonyl (C=O) groups is 1. The van der Waals surface area contributed by atoms with Crippen LogP contribution >= 0.6 is 0 Å². The van der Waals surface area contributed by atoms with E-state index < -0.39 is 22.9 Å². The van der Waals surface area contributed by atoms with Gasteiger partial charge in [0.05, 0.1) is 5.41 Å². The van der Waals surface area contributed by atoms with Crippen molar-refractivity contribution >= 4 is 11.6 Å². The fourth-order valence-electron chi connectivity index (χ4n) is 3.27. The van der Waals surface area contributed by atoms with Gasteiger partial charge in [-0.1, -0.05) is 31.0 Å². The molecular formula is C18H16F3NO. The summed E-state index contributed by atoms with van der Waals surface area (Å²) >= 11 is 0. The van der Waals surface area contributed by atoms with Crippen LogP contribution in [0, 0.1) is 17.5 Å². The summed E-state index contributed by atoms with van der Waals surface area (Å²) in [4.78, 5) is 12.8. The van der Waals surface area contributed by atoms with Gasteiger partial charge in [-0.05, 0) is 31.0 Å². The third-order valence-corrected chi connectivity index (χ3v) is 4.46. The first-order valence-electron chi connectivity index (χ1n) is 7.54. The second-order valence-electron chi connectivity index (χ2n) is 5.85. The number of rotatable bonds is 3. The van der Waals surface area contributed by atoms with Gasteiger partial charge < -0.3 is 5.32 Å². The monoisotopic (exact) mass is 319 g/mol. The standard InChI is InChI=1S/C18H16F3NO/c19-14-6-2-1-5-13(14)18(9-3-4-10-18)17(23)22-12-7-8-15(20)16(21)11-12/h1-2,5-8,11H,3-4,9-10H2,(H,22,23). The predicted molar refractivity (Wildman–Crippen MR) is 81.5 cm³/mol. The van der Waals surface area contributed by atoms with Crippen molar-refractivity contribution in [2.45, 2.75) is 31.1 Å². The Morgan fingerprint density at radius 3 is 2.26 bits per heavy atom. The third kappa shape index (κ3) is 2.83. The number of hydrogen-bond acceptors (Lipinski definition) is 1. The van der Waals surface area contributed by atoms with Crippen molar-refractivity contribution in [3.63, 3.8) is 0 Å². The van der Waals surface area contributed by atoms with Crippen LogP contribution in [-0.2, 0) is 10.2 Å².